The Morgan fingerprint density at radius 3 is 2.89 bits per heavy atom. The third-order valence-electron chi connectivity index (χ3n) is 3.11. The molecule has 0 saturated carbocycles. The van der Waals surface area contributed by atoms with E-state index in [0.29, 0.717) is 6.54 Å². The van der Waals surface area contributed by atoms with Gasteiger partial charge in [-0.2, -0.15) is 0 Å². The van der Waals surface area contributed by atoms with Crippen LogP contribution in [0.15, 0.2) is 35.2 Å². The summed E-state index contributed by atoms with van der Waals surface area (Å²) in [6, 6.07) is 3.82. The molecule has 1 aliphatic heterocycles. The summed E-state index contributed by atoms with van der Waals surface area (Å²) in [4.78, 5) is 11.1. The zero-order chi connectivity index (χ0) is 12.9. The number of nitrogens with one attached hydrogen (secondary N) is 2. The van der Waals surface area contributed by atoms with Gasteiger partial charge in [0.15, 0.2) is 11.6 Å². The smallest absolute Gasteiger partial charge is 0.171 e. The molecule has 2 N–H and O–H groups in total. The molecule has 3 heterocycles. The van der Waals surface area contributed by atoms with Gasteiger partial charge in [0.25, 0.3) is 0 Å². The monoisotopic (exact) mass is 259 g/mol. The van der Waals surface area contributed by atoms with Crippen molar-refractivity contribution in [3.63, 3.8) is 0 Å². The van der Waals surface area contributed by atoms with Crippen molar-refractivity contribution >= 4 is 11.6 Å². The van der Waals surface area contributed by atoms with Crippen molar-refractivity contribution in [2.75, 3.05) is 36.4 Å². The molecule has 2 aromatic heterocycles. The Hall–Kier alpha value is -2.08. The highest BCUT2D eigenvalue weighted by Gasteiger charge is 2.16. The molecule has 0 aliphatic carbocycles. The van der Waals surface area contributed by atoms with E-state index in [4.69, 9.17) is 4.42 Å². The molecule has 3 rings (SSSR count). The second-order valence-electron chi connectivity index (χ2n) is 4.40. The van der Waals surface area contributed by atoms with Crippen molar-refractivity contribution < 1.29 is 4.42 Å². The summed E-state index contributed by atoms with van der Waals surface area (Å²) >= 11 is 0. The maximum Gasteiger partial charge on any atom is 0.171 e. The number of furan rings is 1. The van der Waals surface area contributed by atoms with Crippen LogP contribution in [0.1, 0.15) is 5.76 Å². The third kappa shape index (κ3) is 2.85. The van der Waals surface area contributed by atoms with Crippen LogP contribution in [0.2, 0.25) is 0 Å². The standard InChI is InChI=1S/C13H17N5O/c1-2-11(19-9-1)10-17-12-13(16-4-3-15-12)18-7-5-14-6-8-18/h1-4,9,14H,5-8,10H2,(H,15,17). The Kier molecular flexibility index (Phi) is 3.60. The van der Waals surface area contributed by atoms with Crippen LogP contribution in [-0.4, -0.2) is 36.1 Å². The van der Waals surface area contributed by atoms with Gasteiger partial charge in [-0.25, -0.2) is 9.97 Å². The fourth-order valence-electron chi connectivity index (χ4n) is 2.15. The van der Waals surface area contributed by atoms with Gasteiger partial charge in [0.2, 0.25) is 0 Å². The first kappa shape index (κ1) is 12.0. The quantitative estimate of drug-likeness (QED) is 0.857. The van der Waals surface area contributed by atoms with Gasteiger partial charge in [-0.05, 0) is 12.1 Å². The van der Waals surface area contributed by atoms with E-state index in [9.17, 15) is 0 Å². The molecule has 6 heteroatoms. The van der Waals surface area contributed by atoms with E-state index in [2.05, 4.69) is 25.5 Å². The minimum Gasteiger partial charge on any atom is -0.467 e. The lowest BCUT2D eigenvalue weighted by atomic mass is 10.3. The van der Waals surface area contributed by atoms with E-state index in [1.807, 2.05) is 12.1 Å². The summed E-state index contributed by atoms with van der Waals surface area (Å²) in [6.07, 6.45) is 5.11. The van der Waals surface area contributed by atoms with E-state index in [1.165, 1.54) is 0 Å². The van der Waals surface area contributed by atoms with Gasteiger partial charge in [-0.3, -0.25) is 0 Å². The van der Waals surface area contributed by atoms with Gasteiger partial charge in [-0.15, -0.1) is 0 Å². The number of anilines is 2. The summed E-state index contributed by atoms with van der Waals surface area (Å²) in [5, 5.41) is 6.62. The Morgan fingerprint density at radius 2 is 2.11 bits per heavy atom. The van der Waals surface area contributed by atoms with E-state index in [0.717, 1.165) is 43.6 Å². The minimum atomic E-state index is 0.616. The van der Waals surface area contributed by atoms with Crippen molar-refractivity contribution in [3.8, 4) is 0 Å². The van der Waals surface area contributed by atoms with Crippen molar-refractivity contribution in [3.05, 3.63) is 36.5 Å². The van der Waals surface area contributed by atoms with Crippen LogP contribution in [0.4, 0.5) is 11.6 Å². The fourth-order valence-corrected chi connectivity index (χ4v) is 2.15. The van der Waals surface area contributed by atoms with Crippen LogP contribution in [-0.2, 0) is 6.54 Å². The van der Waals surface area contributed by atoms with Gasteiger partial charge in [-0.1, -0.05) is 0 Å². The highest BCUT2D eigenvalue weighted by atomic mass is 16.3. The maximum absolute atomic E-state index is 5.31. The highest BCUT2D eigenvalue weighted by molar-refractivity contribution is 5.60. The first-order valence-electron chi connectivity index (χ1n) is 6.46. The topological polar surface area (TPSA) is 66.2 Å². The number of hydrogen-bond acceptors (Lipinski definition) is 6. The van der Waals surface area contributed by atoms with Gasteiger partial charge >= 0.3 is 0 Å². The molecule has 0 bridgehead atoms. The van der Waals surface area contributed by atoms with Crippen molar-refractivity contribution in [2.45, 2.75) is 6.54 Å². The Morgan fingerprint density at radius 1 is 1.26 bits per heavy atom. The molecule has 100 valence electrons. The summed E-state index contributed by atoms with van der Waals surface area (Å²) in [7, 11) is 0. The Labute approximate surface area is 111 Å². The third-order valence-corrected chi connectivity index (χ3v) is 3.11. The van der Waals surface area contributed by atoms with Gasteiger partial charge in [0.1, 0.15) is 5.76 Å². The number of piperazine rings is 1. The Balaban J connectivity index is 1.73. The zero-order valence-electron chi connectivity index (χ0n) is 10.7. The maximum atomic E-state index is 5.31. The lowest BCUT2D eigenvalue weighted by Crippen LogP contribution is -2.44. The zero-order valence-corrected chi connectivity index (χ0v) is 10.7. The van der Waals surface area contributed by atoms with Gasteiger partial charge in [0.05, 0.1) is 12.8 Å². The number of aromatic nitrogens is 2. The molecule has 6 nitrogen and oxygen atoms in total. The van der Waals surface area contributed by atoms with Crippen LogP contribution < -0.4 is 15.5 Å². The van der Waals surface area contributed by atoms with Gasteiger partial charge < -0.3 is 20.0 Å². The van der Waals surface area contributed by atoms with Crippen molar-refractivity contribution in [1.29, 1.82) is 0 Å². The lowest BCUT2D eigenvalue weighted by molar-refractivity contribution is 0.517. The molecule has 0 atom stereocenters. The number of nitrogens with zero attached hydrogens (tertiary/aromatic N) is 3. The SMILES string of the molecule is c1coc(CNc2nccnc2N2CCNCC2)c1. The van der Waals surface area contributed by atoms with Crippen LogP contribution in [0, 0.1) is 0 Å². The van der Waals surface area contributed by atoms with Crippen LogP contribution in [0.3, 0.4) is 0 Å². The van der Waals surface area contributed by atoms with E-state index in [-0.39, 0.29) is 0 Å². The Bertz CT molecular complexity index is 508. The summed E-state index contributed by atoms with van der Waals surface area (Å²) in [5.41, 5.74) is 0. The molecule has 0 unspecified atom stereocenters. The second-order valence-corrected chi connectivity index (χ2v) is 4.40. The number of hydrogen-bond donors (Lipinski definition) is 2. The molecule has 1 fully saturated rings. The number of rotatable bonds is 4. The summed E-state index contributed by atoms with van der Waals surface area (Å²) in [6.45, 7) is 4.48. The summed E-state index contributed by atoms with van der Waals surface area (Å²) in [5.74, 6) is 2.60. The second kappa shape index (κ2) is 5.71. The molecule has 19 heavy (non-hydrogen) atoms. The molecule has 1 saturated heterocycles. The van der Waals surface area contributed by atoms with Crippen molar-refractivity contribution in [1.82, 2.24) is 15.3 Å². The normalized spacial score (nSPS) is 15.5. The minimum absolute atomic E-state index is 0.616. The van der Waals surface area contributed by atoms with E-state index >= 15 is 0 Å². The first-order chi connectivity index (χ1) is 9.43. The van der Waals surface area contributed by atoms with Crippen molar-refractivity contribution in [2.24, 2.45) is 0 Å². The fraction of sp³-hybridized carbons (Fsp3) is 0.385. The van der Waals surface area contributed by atoms with Crippen LogP contribution in [0.5, 0.6) is 0 Å². The van der Waals surface area contributed by atoms with Gasteiger partial charge in [0, 0.05) is 38.6 Å². The predicted octanol–water partition coefficient (Wildman–Crippen LogP) is 1.09. The molecule has 0 amide bonds. The predicted molar refractivity (Wildman–Crippen MR) is 73.1 cm³/mol. The average Bonchev–Trinajstić information content (AvgIpc) is 3.00. The van der Waals surface area contributed by atoms with E-state index < -0.39 is 0 Å². The van der Waals surface area contributed by atoms with Crippen LogP contribution >= 0.6 is 0 Å². The molecular formula is C13H17N5O. The molecule has 0 spiro atoms. The largest absolute Gasteiger partial charge is 0.467 e. The highest BCUT2D eigenvalue weighted by Crippen LogP contribution is 2.20. The average molecular weight is 259 g/mol. The van der Waals surface area contributed by atoms with Crippen LogP contribution in [0.25, 0.3) is 0 Å². The first-order valence-corrected chi connectivity index (χ1v) is 6.46. The molecule has 1 aliphatic rings. The lowest BCUT2D eigenvalue weighted by Gasteiger charge is -2.29. The molecule has 0 radical (unpaired) electrons. The molecule has 2 aromatic rings. The molecule has 0 aromatic carbocycles. The van der Waals surface area contributed by atoms with E-state index in [1.54, 1.807) is 18.7 Å². The molecular weight excluding hydrogens is 242 g/mol. The summed E-state index contributed by atoms with van der Waals surface area (Å²) < 4.78 is 5.31.